The average Bonchev–Trinajstić information content (AvgIpc) is 2.63. The Morgan fingerprint density at radius 2 is 1.58 bits per heavy atom. The minimum atomic E-state index is 0.287. The average molecular weight is 268 g/mol. The van der Waals surface area contributed by atoms with Crippen LogP contribution < -0.4 is 5.32 Å². The second kappa shape index (κ2) is 8.26. The zero-order valence-corrected chi connectivity index (χ0v) is 14.0. The fourth-order valence-corrected chi connectivity index (χ4v) is 3.32. The zero-order chi connectivity index (χ0) is 14.3. The summed E-state index contributed by atoms with van der Waals surface area (Å²) in [7, 11) is 0. The van der Waals surface area contributed by atoms with Gasteiger partial charge in [0.05, 0.1) is 0 Å². The van der Waals surface area contributed by atoms with Crippen molar-refractivity contribution >= 4 is 0 Å². The molecule has 1 aliphatic rings. The summed E-state index contributed by atoms with van der Waals surface area (Å²) >= 11 is 0. The molecule has 114 valence electrons. The van der Waals surface area contributed by atoms with Crippen molar-refractivity contribution in [1.82, 2.24) is 10.2 Å². The monoisotopic (exact) mass is 268 g/mol. The molecule has 1 aliphatic heterocycles. The molecule has 1 rings (SSSR count). The Hall–Kier alpha value is -0.0800. The number of rotatable bonds is 7. The van der Waals surface area contributed by atoms with E-state index in [0.29, 0.717) is 6.04 Å². The molecule has 1 N–H and O–H groups in total. The second-order valence-corrected chi connectivity index (χ2v) is 7.14. The van der Waals surface area contributed by atoms with E-state index < -0.39 is 0 Å². The quantitative estimate of drug-likeness (QED) is 0.749. The van der Waals surface area contributed by atoms with Crippen LogP contribution in [-0.2, 0) is 0 Å². The highest BCUT2D eigenvalue weighted by atomic mass is 15.2. The summed E-state index contributed by atoms with van der Waals surface area (Å²) in [5, 5.41) is 3.75. The fourth-order valence-electron chi connectivity index (χ4n) is 3.32. The summed E-state index contributed by atoms with van der Waals surface area (Å²) in [6.07, 6.45) is 8.23. The van der Waals surface area contributed by atoms with Gasteiger partial charge in [-0.1, -0.05) is 33.6 Å². The van der Waals surface area contributed by atoms with Crippen molar-refractivity contribution in [2.24, 2.45) is 5.92 Å². The van der Waals surface area contributed by atoms with Gasteiger partial charge in [0.25, 0.3) is 0 Å². The summed E-state index contributed by atoms with van der Waals surface area (Å²) in [4.78, 5) is 2.74. The smallest absolute Gasteiger partial charge is 0.0306 e. The van der Waals surface area contributed by atoms with Crippen LogP contribution in [0, 0.1) is 5.92 Å². The number of nitrogens with zero attached hydrogens (tertiary/aromatic N) is 1. The molecule has 1 heterocycles. The molecule has 0 aromatic carbocycles. The molecule has 0 radical (unpaired) electrons. The molecule has 0 aliphatic carbocycles. The highest BCUT2D eigenvalue weighted by Gasteiger charge is 2.34. The molecular formula is C17H36N2. The predicted molar refractivity (Wildman–Crippen MR) is 85.7 cm³/mol. The van der Waals surface area contributed by atoms with E-state index >= 15 is 0 Å². The lowest BCUT2D eigenvalue weighted by atomic mass is 9.86. The Morgan fingerprint density at radius 3 is 2.05 bits per heavy atom. The minimum absolute atomic E-state index is 0.287. The summed E-state index contributed by atoms with van der Waals surface area (Å²) in [5.41, 5.74) is 0.287. The summed E-state index contributed by atoms with van der Waals surface area (Å²) < 4.78 is 0. The lowest BCUT2D eigenvalue weighted by Gasteiger charge is -2.44. The maximum atomic E-state index is 3.75. The Morgan fingerprint density at radius 1 is 1.00 bits per heavy atom. The highest BCUT2D eigenvalue weighted by Crippen LogP contribution is 2.26. The molecular weight excluding hydrogens is 232 g/mol. The van der Waals surface area contributed by atoms with E-state index in [1.54, 1.807) is 0 Å². The lowest BCUT2D eigenvalue weighted by Crippen LogP contribution is -2.58. The molecule has 1 fully saturated rings. The topological polar surface area (TPSA) is 15.3 Å². The molecule has 2 nitrogen and oxygen atoms in total. The van der Waals surface area contributed by atoms with Crippen LogP contribution in [0.25, 0.3) is 0 Å². The van der Waals surface area contributed by atoms with Crippen molar-refractivity contribution in [3.63, 3.8) is 0 Å². The van der Waals surface area contributed by atoms with Crippen LogP contribution in [0.1, 0.15) is 73.1 Å². The van der Waals surface area contributed by atoms with Crippen LogP contribution in [-0.4, -0.2) is 36.1 Å². The number of hydrogen-bond donors (Lipinski definition) is 1. The Balaban J connectivity index is 2.66. The van der Waals surface area contributed by atoms with Gasteiger partial charge in [-0.25, -0.2) is 0 Å². The number of likely N-dealkylation sites (tertiary alicyclic amines) is 1. The van der Waals surface area contributed by atoms with Crippen LogP contribution in [0.15, 0.2) is 0 Å². The van der Waals surface area contributed by atoms with E-state index in [-0.39, 0.29) is 5.54 Å². The Kier molecular flexibility index (Phi) is 7.38. The van der Waals surface area contributed by atoms with Crippen LogP contribution in [0.2, 0.25) is 0 Å². The molecule has 0 aromatic rings. The highest BCUT2D eigenvalue weighted by molar-refractivity contribution is 4.94. The molecule has 0 aromatic heterocycles. The molecule has 0 bridgehead atoms. The van der Waals surface area contributed by atoms with E-state index in [1.165, 1.54) is 51.6 Å². The van der Waals surface area contributed by atoms with Crippen molar-refractivity contribution in [3.8, 4) is 0 Å². The molecule has 1 atom stereocenters. The van der Waals surface area contributed by atoms with Gasteiger partial charge in [0, 0.05) is 11.6 Å². The van der Waals surface area contributed by atoms with E-state index in [9.17, 15) is 0 Å². The van der Waals surface area contributed by atoms with Crippen LogP contribution in [0.4, 0.5) is 0 Å². The second-order valence-electron chi connectivity index (χ2n) is 7.14. The van der Waals surface area contributed by atoms with Crippen molar-refractivity contribution in [2.75, 3.05) is 19.6 Å². The Labute approximate surface area is 121 Å². The van der Waals surface area contributed by atoms with Gasteiger partial charge >= 0.3 is 0 Å². The van der Waals surface area contributed by atoms with E-state index in [1.807, 2.05) is 0 Å². The van der Waals surface area contributed by atoms with Gasteiger partial charge in [-0.05, 0) is 65.1 Å². The largest absolute Gasteiger partial charge is 0.312 e. The molecule has 19 heavy (non-hydrogen) atoms. The van der Waals surface area contributed by atoms with Crippen LogP contribution in [0.3, 0.4) is 0 Å². The molecule has 0 saturated carbocycles. The van der Waals surface area contributed by atoms with Gasteiger partial charge in [0.2, 0.25) is 0 Å². The molecule has 0 spiro atoms. The maximum Gasteiger partial charge on any atom is 0.0306 e. The van der Waals surface area contributed by atoms with Crippen molar-refractivity contribution in [2.45, 2.75) is 84.7 Å². The predicted octanol–water partition coefficient (Wildman–Crippen LogP) is 4.06. The van der Waals surface area contributed by atoms with Gasteiger partial charge in [-0.15, -0.1) is 0 Å². The third-order valence-electron chi connectivity index (χ3n) is 4.76. The fraction of sp³-hybridized carbons (Fsp3) is 1.00. The first kappa shape index (κ1) is 17.0. The van der Waals surface area contributed by atoms with Gasteiger partial charge in [-0.3, -0.25) is 4.90 Å². The normalized spacial score (nSPS) is 20.5. The van der Waals surface area contributed by atoms with E-state index in [4.69, 9.17) is 0 Å². The zero-order valence-electron chi connectivity index (χ0n) is 14.0. The molecule has 2 heteroatoms. The summed E-state index contributed by atoms with van der Waals surface area (Å²) in [6.45, 7) is 15.5. The van der Waals surface area contributed by atoms with E-state index in [2.05, 4.69) is 44.8 Å². The van der Waals surface area contributed by atoms with Gasteiger partial charge < -0.3 is 5.32 Å². The maximum absolute atomic E-state index is 3.75. The van der Waals surface area contributed by atoms with E-state index in [0.717, 1.165) is 12.5 Å². The van der Waals surface area contributed by atoms with Crippen LogP contribution in [0.5, 0.6) is 0 Å². The lowest BCUT2D eigenvalue weighted by molar-refractivity contribution is 0.0784. The first-order valence-corrected chi connectivity index (χ1v) is 8.47. The van der Waals surface area contributed by atoms with Crippen LogP contribution >= 0.6 is 0 Å². The SMILES string of the molecule is CCNC(CCC(C)C)C(C)(C)N1CCCCCC1. The third kappa shape index (κ3) is 5.43. The first-order chi connectivity index (χ1) is 8.98. The van der Waals surface area contributed by atoms with Gasteiger partial charge in [0.15, 0.2) is 0 Å². The number of nitrogens with one attached hydrogen (secondary N) is 1. The molecule has 1 unspecified atom stereocenters. The molecule has 0 amide bonds. The standard InChI is InChI=1S/C17H36N2/c1-6-18-16(12-11-15(2)3)17(4,5)19-13-9-7-8-10-14-19/h15-16,18H,6-14H2,1-5H3. The van der Waals surface area contributed by atoms with Crippen molar-refractivity contribution in [3.05, 3.63) is 0 Å². The minimum Gasteiger partial charge on any atom is -0.312 e. The number of likely N-dealkylation sites (N-methyl/N-ethyl adjacent to an activating group) is 1. The van der Waals surface area contributed by atoms with Gasteiger partial charge in [0.1, 0.15) is 0 Å². The number of hydrogen-bond acceptors (Lipinski definition) is 2. The third-order valence-corrected chi connectivity index (χ3v) is 4.76. The first-order valence-electron chi connectivity index (χ1n) is 8.47. The Bertz CT molecular complexity index is 227. The summed E-state index contributed by atoms with van der Waals surface area (Å²) in [5.74, 6) is 0.807. The van der Waals surface area contributed by atoms with Crippen molar-refractivity contribution in [1.29, 1.82) is 0 Å². The van der Waals surface area contributed by atoms with Crippen molar-refractivity contribution < 1.29 is 0 Å². The van der Waals surface area contributed by atoms with Gasteiger partial charge in [-0.2, -0.15) is 0 Å². The molecule has 1 saturated heterocycles. The summed E-state index contributed by atoms with van der Waals surface area (Å²) in [6, 6.07) is 0.623.